The molecule has 3 N–H and O–H groups in total. The second kappa shape index (κ2) is 5.05. The normalized spacial score (nSPS) is 14.6. The summed E-state index contributed by atoms with van der Waals surface area (Å²) in [5, 5.41) is 6.72. The lowest BCUT2D eigenvalue weighted by atomic mass is 10.0. The maximum absolute atomic E-state index is 12.3. The summed E-state index contributed by atoms with van der Waals surface area (Å²) < 4.78 is 1.83. The summed E-state index contributed by atoms with van der Waals surface area (Å²) >= 11 is 0. The van der Waals surface area contributed by atoms with Crippen LogP contribution in [0.15, 0.2) is 23.3 Å². The highest BCUT2D eigenvalue weighted by Crippen LogP contribution is 2.33. The first kappa shape index (κ1) is 13.4. The fourth-order valence-corrected chi connectivity index (χ4v) is 3.07. The van der Waals surface area contributed by atoms with Gasteiger partial charge in [0.15, 0.2) is 5.78 Å². The van der Waals surface area contributed by atoms with Crippen molar-refractivity contribution in [1.82, 2.24) is 9.88 Å². The van der Waals surface area contributed by atoms with E-state index in [9.17, 15) is 9.59 Å². The molecular formula is C15H16N4O2. The van der Waals surface area contributed by atoms with E-state index >= 15 is 0 Å². The molecule has 0 radical (unpaired) electrons. The fourth-order valence-electron chi connectivity index (χ4n) is 3.07. The highest BCUT2D eigenvalue weighted by molar-refractivity contribution is 6.13. The number of benzene rings is 1. The van der Waals surface area contributed by atoms with Crippen molar-refractivity contribution < 1.29 is 9.59 Å². The van der Waals surface area contributed by atoms with Gasteiger partial charge in [-0.15, -0.1) is 0 Å². The van der Waals surface area contributed by atoms with E-state index in [0.29, 0.717) is 24.1 Å². The van der Waals surface area contributed by atoms with Crippen LogP contribution in [0.4, 0.5) is 0 Å². The molecule has 0 saturated carbocycles. The Balaban J connectivity index is 2.28. The van der Waals surface area contributed by atoms with Crippen molar-refractivity contribution in [2.24, 2.45) is 18.0 Å². The van der Waals surface area contributed by atoms with E-state index in [0.717, 1.165) is 29.2 Å². The van der Waals surface area contributed by atoms with Crippen LogP contribution in [0.5, 0.6) is 0 Å². The third kappa shape index (κ3) is 1.99. The number of carbonyl (C=O) groups excluding carboxylic acids is 2. The molecule has 6 heteroatoms. The number of hydrogen-bond donors (Lipinski definition) is 2. The van der Waals surface area contributed by atoms with Crippen LogP contribution in [0.25, 0.3) is 10.9 Å². The van der Waals surface area contributed by atoms with Gasteiger partial charge in [0.25, 0.3) is 5.91 Å². The zero-order valence-corrected chi connectivity index (χ0v) is 11.7. The van der Waals surface area contributed by atoms with Gasteiger partial charge < -0.3 is 15.7 Å². The molecule has 6 nitrogen and oxygen atoms in total. The molecule has 2 aromatic rings. The van der Waals surface area contributed by atoms with E-state index in [4.69, 9.17) is 5.84 Å². The number of amides is 1. The van der Waals surface area contributed by atoms with Crippen molar-refractivity contribution in [3.63, 3.8) is 0 Å². The largest absolute Gasteiger partial charge is 0.339 e. The molecule has 3 rings (SSSR count). The predicted molar refractivity (Wildman–Crippen MR) is 80.3 cm³/mol. The third-order valence-corrected chi connectivity index (χ3v) is 3.94. The predicted octanol–water partition coefficient (Wildman–Crippen LogP) is 1.33. The van der Waals surface area contributed by atoms with Gasteiger partial charge in [-0.25, -0.2) is 0 Å². The molecule has 0 aliphatic heterocycles. The molecule has 1 amide bonds. The smallest absolute Gasteiger partial charge is 0.273 e. The van der Waals surface area contributed by atoms with Crippen LogP contribution in [0.1, 0.15) is 39.3 Å². The van der Waals surface area contributed by atoms with Crippen LogP contribution >= 0.6 is 0 Å². The van der Waals surface area contributed by atoms with Crippen molar-refractivity contribution in [3.8, 4) is 0 Å². The van der Waals surface area contributed by atoms with Gasteiger partial charge in [0.05, 0.1) is 0 Å². The molecule has 1 aromatic carbocycles. The molecular weight excluding hydrogens is 268 g/mol. The minimum Gasteiger partial charge on any atom is -0.339 e. The Bertz CT molecular complexity index is 774. The SMILES string of the molecule is Cn1c(C(=O)NC=NN)c2c3c(cccc31)C(=O)CCC2. The van der Waals surface area contributed by atoms with Crippen LogP contribution in [0.3, 0.4) is 0 Å². The summed E-state index contributed by atoms with van der Waals surface area (Å²) in [6, 6.07) is 5.62. The zero-order chi connectivity index (χ0) is 15.0. The maximum atomic E-state index is 12.3. The molecule has 0 spiro atoms. The van der Waals surface area contributed by atoms with Gasteiger partial charge in [0.1, 0.15) is 12.0 Å². The Hall–Kier alpha value is -2.63. The summed E-state index contributed by atoms with van der Waals surface area (Å²) in [6.45, 7) is 0. The number of hydrazone groups is 1. The average molecular weight is 284 g/mol. The number of aryl methyl sites for hydroxylation is 2. The van der Waals surface area contributed by atoms with Gasteiger partial charge >= 0.3 is 0 Å². The molecule has 0 fully saturated rings. The van der Waals surface area contributed by atoms with E-state index in [1.165, 1.54) is 0 Å². The van der Waals surface area contributed by atoms with E-state index in [1.54, 1.807) is 0 Å². The number of nitrogens with one attached hydrogen (secondary N) is 1. The topological polar surface area (TPSA) is 89.5 Å². The molecule has 1 heterocycles. The van der Waals surface area contributed by atoms with E-state index < -0.39 is 0 Å². The quantitative estimate of drug-likeness (QED) is 0.377. The van der Waals surface area contributed by atoms with Crippen molar-refractivity contribution in [3.05, 3.63) is 35.0 Å². The van der Waals surface area contributed by atoms with Gasteiger partial charge in [-0.05, 0) is 24.5 Å². The van der Waals surface area contributed by atoms with E-state index in [-0.39, 0.29) is 11.7 Å². The summed E-state index contributed by atoms with van der Waals surface area (Å²) in [6.07, 6.45) is 3.14. The maximum Gasteiger partial charge on any atom is 0.273 e. The number of hydrogen-bond acceptors (Lipinski definition) is 4. The standard InChI is InChI=1S/C15H16N4O2/c1-19-11-6-2-4-9-12(20)7-3-5-10(13(9)11)14(19)15(21)17-8-18-16/h2,4,6,8H,3,5,7,16H2,1H3,(H,17,18,21). The van der Waals surface area contributed by atoms with Crippen LogP contribution < -0.4 is 11.2 Å². The minimum atomic E-state index is -0.266. The van der Waals surface area contributed by atoms with Crippen molar-refractivity contribution in [2.45, 2.75) is 19.3 Å². The second-order valence-corrected chi connectivity index (χ2v) is 5.11. The zero-order valence-electron chi connectivity index (χ0n) is 11.7. The molecule has 1 aromatic heterocycles. The Labute approximate surface area is 121 Å². The van der Waals surface area contributed by atoms with Gasteiger partial charge in [0, 0.05) is 29.9 Å². The van der Waals surface area contributed by atoms with E-state index in [1.807, 2.05) is 29.8 Å². The lowest BCUT2D eigenvalue weighted by Crippen LogP contribution is -2.25. The Morgan fingerprint density at radius 3 is 3.00 bits per heavy atom. The molecule has 0 saturated heterocycles. The number of aromatic nitrogens is 1. The molecule has 1 aliphatic carbocycles. The minimum absolute atomic E-state index is 0.139. The fraction of sp³-hybridized carbons (Fsp3) is 0.267. The highest BCUT2D eigenvalue weighted by Gasteiger charge is 2.26. The van der Waals surface area contributed by atoms with Crippen molar-refractivity contribution in [1.29, 1.82) is 0 Å². The number of ketones is 1. The number of nitrogens with zero attached hydrogens (tertiary/aromatic N) is 2. The number of Topliss-reactive ketones (excluding diaryl/α,β-unsaturated/α-hetero) is 1. The number of rotatable bonds is 2. The first-order chi connectivity index (χ1) is 10.1. The van der Waals surface area contributed by atoms with Gasteiger partial charge in [-0.3, -0.25) is 9.59 Å². The summed E-state index contributed by atoms with van der Waals surface area (Å²) in [5.41, 5.74) is 3.10. The number of nitrogens with two attached hydrogens (primary N) is 1. The average Bonchev–Trinajstić information content (AvgIpc) is 2.66. The number of carbonyl (C=O) groups is 2. The van der Waals surface area contributed by atoms with Crippen LogP contribution in [0.2, 0.25) is 0 Å². The van der Waals surface area contributed by atoms with Gasteiger partial charge in [0.2, 0.25) is 0 Å². The lowest BCUT2D eigenvalue weighted by molar-refractivity contribution is 0.0967. The first-order valence-electron chi connectivity index (χ1n) is 6.81. The second-order valence-electron chi connectivity index (χ2n) is 5.11. The van der Waals surface area contributed by atoms with Crippen molar-refractivity contribution in [2.75, 3.05) is 0 Å². The molecule has 21 heavy (non-hydrogen) atoms. The van der Waals surface area contributed by atoms with Gasteiger partial charge in [-0.1, -0.05) is 12.1 Å². The Morgan fingerprint density at radius 2 is 2.24 bits per heavy atom. The Kier molecular flexibility index (Phi) is 3.21. The summed E-state index contributed by atoms with van der Waals surface area (Å²) in [4.78, 5) is 24.5. The first-order valence-corrected chi connectivity index (χ1v) is 6.81. The lowest BCUT2D eigenvalue weighted by Gasteiger charge is -2.06. The van der Waals surface area contributed by atoms with Crippen LogP contribution in [-0.4, -0.2) is 22.6 Å². The Morgan fingerprint density at radius 1 is 1.43 bits per heavy atom. The van der Waals surface area contributed by atoms with Crippen LogP contribution in [-0.2, 0) is 13.5 Å². The summed E-state index contributed by atoms with van der Waals surface area (Å²) in [7, 11) is 1.83. The van der Waals surface area contributed by atoms with Crippen LogP contribution in [0, 0.1) is 0 Å². The van der Waals surface area contributed by atoms with E-state index in [2.05, 4.69) is 10.4 Å². The van der Waals surface area contributed by atoms with Crippen molar-refractivity contribution >= 4 is 28.9 Å². The van der Waals surface area contributed by atoms with Gasteiger partial charge in [-0.2, -0.15) is 5.10 Å². The molecule has 0 unspecified atom stereocenters. The molecule has 1 aliphatic rings. The third-order valence-electron chi connectivity index (χ3n) is 3.94. The molecule has 108 valence electrons. The highest BCUT2D eigenvalue weighted by atomic mass is 16.2. The summed E-state index contributed by atoms with van der Waals surface area (Å²) in [5.74, 6) is 4.89. The molecule has 0 atom stereocenters. The molecule has 0 bridgehead atoms. The monoisotopic (exact) mass is 284 g/mol.